The molecule has 0 aliphatic heterocycles. The number of rotatable bonds is 4. The molecule has 0 fully saturated rings. The molecule has 7 nitrogen and oxygen atoms in total. The first-order valence-electron chi connectivity index (χ1n) is 5.22. The van der Waals surface area contributed by atoms with E-state index in [0.717, 1.165) is 12.4 Å². The van der Waals surface area contributed by atoms with Crippen molar-refractivity contribution in [2.75, 3.05) is 4.72 Å². The van der Waals surface area contributed by atoms with Crippen molar-refractivity contribution in [3.63, 3.8) is 0 Å². The van der Waals surface area contributed by atoms with Crippen molar-refractivity contribution >= 4 is 33.5 Å². The van der Waals surface area contributed by atoms with Crippen molar-refractivity contribution in [3.8, 4) is 0 Å². The molecule has 9 heteroatoms. The van der Waals surface area contributed by atoms with E-state index in [2.05, 4.69) is 14.7 Å². The highest BCUT2D eigenvalue weighted by Crippen LogP contribution is 2.16. The number of anilines is 1. The minimum absolute atomic E-state index is 0.00666. The number of benzene rings is 1. The first-order chi connectivity index (χ1) is 9.38. The Balaban J connectivity index is 2.24. The summed E-state index contributed by atoms with van der Waals surface area (Å²) in [5.74, 6) is -1.41. The second-order valence-corrected chi connectivity index (χ2v) is 5.78. The summed E-state index contributed by atoms with van der Waals surface area (Å²) in [4.78, 5) is 17.9. The maximum absolute atomic E-state index is 12.0. The van der Waals surface area contributed by atoms with Gasteiger partial charge < -0.3 is 5.11 Å². The van der Waals surface area contributed by atoms with Crippen LogP contribution in [0.1, 0.15) is 10.4 Å². The number of halogens is 1. The largest absolute Gasteiger partial charge is 0.478 e. The number of nitrogens with zero attached hydrogens (tertiary/aromatic N) is 2. The van der Waals surface area contributed by atoms with Crippen LogP contribution in [0.15, 0.2) is 41.6 Å². The summed E-state index contributed by atoms with van der Waals surface area (Å²) < 4.78 is 26.1. The van der Waals surface area contributed by atoms with Crippen molar-refractivity contribution < 1.29 is 18.3 Å². The second-order valence-electron chi connectivity index (χ2n) is 3.66. The van der Waals surface area contributed by atoms with Crippen LogP contribution in [0.25, 0.3) is 0 Å². The van der Waals surface area contributed by atoms with E-state index in [9.17, 15) is 13.2 Å². The topological polar surface area (TPSA) is 109 Å². The molecule has 2 N–H and O–H groups in total. The maximum Gasteiger partial charge on any atom is 0.338 e. The Morgan fingerprint density at radius 3 is 2.20 bits per heavy atom. The van der Waals surface area contributed by atoms with Crippen LogP contribution in [0.5, 0.6) is 0 Å². The van der Waals surface area contributed by atoms with E-state index in [4.69, 9.17) is 16.7 Å². The highest BCUT2D eigenvalue weighted by atomic mass is 35.5. The van der Waals surface area contributed by atoms with Crippen LogP contribution in [0.2, 0.25) is 5.02 Å². The van der Waals surface area contributed by atoms with Gasteiger partial charge in [0.25, 0.3) is 10.0 Å². The summed E-state index contributed by atoms with van der Waals surface area (Å²) in [5.41, 5.74) is -0.139. The van der Waals surface area contributed by atoms with Gasteiger partial charge in [0.2, 0.25) is 5.95 Å². The second kappa shape index (κ2) is 5.43. The summed E-state index contributed by atoms with van der Waals surface area (Å²) in [6.45, 7) is 0. The lowest BCUT2D eigenvalue weighted by Crippen LogP contribution is -2.15. The van der Waals surface area contributed by atoms with Gasteiger partial charge in [0.05, 0.1) is 10.5 Å². The van der Waals surface area contributed by atoms with Crippen LogP contribution >= 0.6 is 11.6 Å². The Morgan fingerprint density at radius 1 is 1.15 bits per heavy atom. The van der Waals surface area contributed by atoms with Crippen LogP contribution < -0.4 is 4.72 Å². The standard InChI is InChI=1S/C11H8ClN3O4S/c12-8-1-3-9(4-2-8)20(18,19)15-11-13-5-7(6-14-11)10(16)17/h1-6H,(H,16,17)(H,13,14,15). The maximum atomic E-state index is 12.0. The van der Waals surface area contributed by atoms with Gasteiger partial charge in [-0.05, 0) is 24.3 Å². The van der Waals surface area contributed by atoms with Crippen LogP contribution in [0, 0.1) is 0 Å². The molecule has 0 saturated carbocycles. The molecule has 2 aromatic rings. The van der Waals surface area contributed by atoms with Gasteiger partial charge in [0.1, 0.15) is 0 Å². The number of carboxylic acid groups (broad SMARTS) is 1. The number of sulfonamides is 1. The Morgan fingerprint density at radius 2 is 1.70 bits per heavy atom. The summed E-state index contributed by atoms with van der Waals surface area (Å²) in [6.07, 6.45) is 2.02. The first kappa shape index (κ1) is 14.2. The third-order valence-corrected chi connectivity index (χ3v) is 3.84. The van der Waals surface area contributed by atoms with Crippen molar-refractivity contribution in [2.45, 2.75) is 4.90 Å². The Bertz CT molecular complexity index is 729. The van der Waals surface area contributed by atoms with Crippen LogP contribution in [-0.2, 0) is 10.0 Å². The summed E-state index contributed by atoms with van der Waals surface area (Å²) >= 11 is 5.67. The number of hydrogen-bond donors (Lipinski definition) is 2. The molecular formula is C11H8ClN3O4S. The molecule has 104 valence electrons. The van der Waals surface area contributed by atoms with E-state index >= 15 is 0 Å². The molecule has 1 aromatic heterocycles. The highest BCUT2D eigenvalue weighted by Gasteiger charge is 2.15. The van der Waals surface area contributed by atoms with E-state index in [0.29, 0.717) is 5.02 Å². The highest BCUT2D eigenvalue weighted by molar-refractivity contribution is 7.92. The molecule has 20 heavy (non-hydrogen) atoms. The van der Waals surface area contributed by atoms with Gasteiger partial charge in [0, 0.05) is 17.4 Å². The molecular weight excluding hydrogens is 306 g/mol. The number of aromatic carboxylic acids is 1. The zero-order valence-electron chi connectivity index (χ0n) is 9.82. The summed E-state index contributed by atoms with van der Waals surface area (Å²) in [6, 6.07) is 5.53. The lowest BCUT2D eigenvalue weighted by molar-refractivity contribution is 0.0696. The van der Waals surface area contributed by atoms with E-state index in [1.165, 1.54) is 24.3 Å². The van der Waals surface area contributed by atoms with Gasteiger partial charge in [-0.3, -0.25) is 0 Å². The average molecular weight is 314 g/mol. The molecule has 2 rings (SSSR count). The van der Waals surface area contributed by atoms with E-state index < -0.39 is 16.0 Å². The lowest BCUT2D eigenvalue weighted by atomic mass is 10.4. The SMILES string of the molecule is O=C(O)c1cnc(NS(=O)(=O)c2ccc(Cl)cc2)nc1. The number of aromatic nitrogens is 2. The molecule has 0 spiro atoms. The molecule has 0 aliphatic carbocycles. The minimum atomic E-state index is -3.84. The fraction of sp³-hybridized carbons (Fsp3) is 0. The molecule has 0 radical (unpaired) electrons. The number of carboxylic acids is 1. The molecule has 1 aromatic carbocycles. The zero-order valence-corrected chi connectivity index (χ0v) is 11.4. The Hall–Kier alpha value is -2.19. The number of nitrogens with one attached hydrogen (secondary N) is 1. The van der Waals surface area contributed by atoms with Crippen molar-refractivity contribution in [1.82, 2.24) is 9.97 Å². The van der Waals surface area contributed by atoms with Crippen LogP contribution in [0.3, 0.4) is 0 Å². The molecule has 0 unspecified atom stereocenters. The fourth-order valence-corrected chi connectivity index (χ4v) is 2.37. The van der Waals surface area contributed by atoms with E-state index in [1.807, 2.05) is 0 Å². The van der Waals surface area contributed by atoms with Crippen molar-refractivity contribution in [2.24, 2.45) is 0 Å². The van der Waals surface area contributed by atoms with Crippen molar-refractivity contribution in [3.05, 3.63) is 47.2 Å². The predicted octanol–water partition coefficient (Wildman–Crippen LogP) is 1.63. The van der Waals surface area contributed by atoms with Gasteiger partial charge in [-0.1, -0.05) is 11.6 Å². The quantitative estimate of drug-likeness (QED) is 0.887. The number of carbonyl (C=O) groups is 1. The van der Waals surface area contributed by atoms with Gasteiger partial charge in [-0.2, -0.15) is 0 Å². The first-order valence-corrected chi connectivity index (χ1v) is 7.08. The third-order valence-electron chi connectivity index (χ3n) is 2.25. The number of hydrogen-bond acceptors (Lipinski definition) is 5. The monoisotopic (exact) mass is 313 g/mol. The normalized spacial score (nSPS) is 11.1. The molecule has 1 heterocycles. The lowest BCUT2D eigenvalue weighted by Gasteiger charge is -2.06. The summed E-state index contributed by atoms with van der Waals surface area (Å²) in [5, 5.41) is 9.09. The zero-order chi connectivity index (χ0) is 14.8. The van der Waals surface area contributed by atoms with Gasteiger partial charge in [-0.15, -0.1) is 0 Å². The Kier molecular flexibility index (Phi) is 3.86. The van der Waals surface area contributed by atoms with E-state index in [1.54, 1.807) is 0 Å². The summed E-state index contributed by atoms with van der Waals surface area (Å²) in [7, 11) is -3.84. The predicted molar refractivity (Wildman–Crippen MR) is 71.3 cm³/mol. The van der Waals surface area contributed by atoms with Gasteiger partial charge in [-0.25, -0.2) is 27.9 Å². The molecule has 0 amide bonds. The van der Waals surface area contributed by atoms with Crippen LogP contribution in [-0.4, -0.2) is 29.5 Å². The van der Waals surface area contributed by atoms with Gasteiger partial charge in [0.15, 0.2) is 0 Å². The van der Waals surface area contributed by atoms with Crippen molar-refractivity contribution in [1.29, 1.82) is 0 Å². The molecule has 0 aliphatic rings. The molecule has 0 saturated heterocycles. The fourth-order valence-electron chi connectivity index (χ4n) is 1.28. The molecule has 0 bridgehead atoms. The Labute approximate surface area is 119 Å². The van der Waals surface area contributed by atoms with E-state index in [-0.39, 0.29) is 16.4 Å². The van der Waals surface area contributed by atoms with Crippen LogP contribution in [0.4, 0.5) is 5.95 Å². The molecule has 0 atom stereocenters. The van der Waals surface area contributed by atoms with Gasteiger partial charge >= 0.3 is 5.97 Å². The minimum Gasteiger partial charge on any atom is -0.478 e. The smallest absolute Gasteiger partial charge is 0.338 e. The third kappa shape index (κ3) is 3.22. The average Bonchev–Trinajstić information content (AvgIpc) is 2.39.